The zero-order valence-electron chi connectivity index (χ0n) is 21.1. The molecule has 1 aliphatic carbocycles. The summed E-state index contributed by atoms with van der Waals surface area (Å²) in [6.07, 6.45) is 3.90. The van der Waals surface area contributed by atoms with Crippen molar-refractivity contribution in [3.63, 3.8) is 0 Å². The van der Waals surface area contributed by atoms with Gasteiger partial charge in [0.15, 0.2) is 0 Å². The Kier molecular flexibility index (Phi) is 7.81. The molecule has 198 valence electrons. The van der Waals surface area contributed by atoms with Crippen molar-refractivity contribution >= 4 is 17.6 Å². The Bertz CT molecular complexity index is 1100. The van der Waals surface area contributed by atoms with Crippen molar-refractivity contribution in [2.45, 2.75) is 75.3 Å². The van der Waals surface area contributed by atoms with Gasteiger partial charge in [-0.1, -0.05) is 25.0 Å². The number of methoxy groups -OCH3 is 1. The smallest absolute Gasteiger partial charge is 0.319 e. The van der Waals surface area contributed by atoms with E-state index in [0.717, 1.165) is 48.3 Å². The molecule has 2 aromatic rings. The quantitative estimate of drug-likeness (QED) is 0.433. The molecule has 5 rings (SSSR count). The van der Waals surface area contributed by atoms with Crippen LogP contribution in [0.3, 0.4) is 0 Å². The fraction of sp³-hybridized carbons (Fsp3) is 0.500. The molecule has 0 unspecified atom stereocenters. The van der Waals surface area contributed by atoms with E-state index in [1.54, 1.807) is 7.11 Å². The van der Waals surface area contributed by atoms with E-state index in [9.17, 15) is 14.7 Å². The minimum absolute atomic E-state index is 0.0417. The van der Waals surface area contributed by atoms with E-state index < -0.39 is 6.10 Å². The summed E-state index contributed by atoms with van der Waals surface area (Å²) in [5.41, 5.74) is 2.63. The van der Waals surface area contributed by atoms with E-state index in [4.69, 9.17) is 14.2 Å². The second-order valence-electron chi connectivity index (χ2n) is 10.1. The average Bonchev–Trinajstić information content (AvgIpc) is 3.55. The number of benzene rings is 2. The predicted octanol–water partition coefficient (Wildman–Crippen LogP) is 3.46. The van der Waals surface area contributed by atoms with Gasteiger partial charge in [0, 0.05) is 29.8 Å². The third-order valence-electron chi connectivity index (χ3n) is 7.51. The Hall–Kier alpha value is -3.30. The van der Waals surface area contributed by atoms with Crippen LogP contribution in [-0.2, 0) is 16.1 Å². The lowest BCUT2D eigenvalue weighted by molar-refractivity contribution is -0.142. The van der Waals surface area contributed by atoms with Crippen LogP contribution in [0.1, 0.15) is 55.6 Å². The molecule has 9 nitrogen and oxygen atoms in total. The summed E-state index contributed by atoms with van der Waals surface area (Å²) >= 11 is 0. The van der Waals surface area contributed by atoms with E-state index >= 15 is 0 Å². The van der Waals surface area contributed by atoms with Gasteiger partial charge in [0.25, 0.3) is 0 Å². The molecule has 0 radical (unpaired) electrons. The minimum atomic E-state index is -0.535. The zero-order chi connectivity index (χ0) is 25.8. The van der Waals surface area contributed by atoms with Crippen LogP contribution in [0.2, 0.25) is 0 Å². The van der Waals surface area contributed by atoms with Crippen LogP contribution in [0, 0.1) is 0 Å². The van der Waals surface area contributed by atoms with Crippen LogP contribution in [0.5, 0.6) is 11.5 Å². The molecule has 4 atom stereocenters. The molecule has 2 aliphatic heterocycles. The van der Waals surface area contributed by atoms with Crippen molar-refractivity contribution in [3.8, 4) is 11.5 Å². The van der Waals surface area contributed by atoms with Crippen LogP contribution >= 0.6 is 0 Å². The van der Waals surface area contributed by atoms with Gasteiger partial charge in [-0.3, -0.25) is 4.79 Å². The molecule has 1 saturated carbocycles. The minimum Gasteiger partial charge on any atom is -0.497 e. The first-order chi connectivity index (χ1) is 18.0. The lowest BCUT2D eigenvalue weighted by Gasteiger charge is -2.37. The summed E-state index contributed by atoms with van der Waals surface area (Å²) in [7, 11) is 1.62. The van der Waals surface area contributed by atoms with Gasteiger partial charge in [0.2, 0.25) is 5.91 Å². The summed E-state index contributed by atoms with van der Waals surface area (Å²) < 4.78 is 17.4. The van der Waals surface area contributed by atoms with Gasteiger partial charge in [0.05, 0.1) is 26.2 Å². The lowest BCUT2D eigenvalue weighted by Crippen LogP contribution is -2.47. The number of urea groups is 1. The Morgan fingerprint density at radius 2 is 1.89 bits per heavy atom. The zero-order valence-corrected chi connectivity index (χ0v) is 21.1. The Labute approximate surface area is 216 Å². The van der Waals surface area contributed by atoms with Crippen LogP contribution in [-0.4, -0.2) is 55.1 Å². The van der Waals surface area contributed by atoms with Gasteiger partial charge < -0.3 is 35.3 Å². The number of hydrogen-bond donors (Lipinski definition) is 4. The largest absolute Gasteiger partial charge is 0.497 e. The first-order valence-corrected chi connectivity index (χ1v) is 13.1. The molecular weight excluding hydrogens is 474 g/mol. The van der Waals surface area contributed by atoms with Crippen molar-refractivity contribution in [3.05, 3.63) is 53.6 Å². The fourth-order valence-corrected chi connectivity index (χ4v) is 5.61. The van der Waals surface area contributed by atoms with E-state index in [0.29, 0.717) is 18.7 Å². The maximum absolute atomic E-state index is 12.7. The number of rotatable bonds is 8. The maximum atomic E-state index is 12.7. The molecule has 3 amide bonds. The van der Waals surface area contributed by atoms with Crippen molar-refractivity contribution in [1.82, 2.24) is 10.6 Å². The average molecular weight is 510 g/mol. The summed E-state index contributed by atoms with van der Waals surface area (Å²) in [4.78, 5) is 25.2. The number of amides is 3. The van der Waals surface area contributed by atoms with E-state index in [-0.39, 0.29) is 49.1 Å². The maximum Gasteiger partial charge on any atom is 0.319 e. The van der Waals surface area contributed by atoms with E-state index in [1.807, 2.05) is 42.5 Å². The molecule has 0 spiro atoms. The number of anilines is 1. The van der Waals surface area contributed by atoms with Gasteiger partial charge >= 0.3 is 6.03 Å². The fourth-order valence-electron chi connectivity index (χ4n) is 5.61. The molecule has 1 saturated heterocycles. The van der Waals surface area contributed by atoms with Gasteiger partial charge in [-0.2, -0.15) is 0 Å². The molecule has 37 heavy (non-hydrogen) atoms. The van der Waals surface area contributed by atoms with E-state index in [2.05, 4.69) is 16.0 Å². The number of hydrogen-bond acceptors (Lipinski definition) is 6. The van der Waals surface area contributed by atoms with Crippen LogP contribution in [0.15, 0.2) is 42.5 Å². The monoisotopic (exact) mass is 509 g/mol. The second kappa shape index (κ2) is 11.4. The summed E-state index contributed by atoms with van der Waals surface area (Å²) in [6, 6.07) is 13.2. The van der Waals surface area contributed by atoms with Crippen molar-refractivity contribution in [1.29, 1.82) is 0 Å². The van der Waals surface area contributed by atoms with Gasteiger partial charge in [-0.05, 0) is 55.2 Å². The van der Waals surface area contributed by atoms with E-state index in [1.165, 1.54) is 0 Å². The van der Waals surface area contributed by atoms with Crippen LogP contribution in [0.4, 0.5) is 10.5 Å². The van der Waals surface area contributed by atoms with Crippen molar-refractivity contribution in [2.24, 2.45) is 0 Å². The predicted molar refractivity (Wildman–Crippen MR) is 138 cm³/mol. The number of carbonyl (C=O) groups is 2. The molecule has 2 aromatic carbocycles. The third-order valence-corrected chi connectivity index (χ3v) is 7.51. The van der Waals surface area contributed by atoms with Gasteiger partial charge in [-0.15, -0.1) is 0 Å². The standard InChI is InChI=1S/C28H35N3O6/c1-35-20-9-6-17(7-10-20)15-29-26(33)14-21-13-23-22-12-19(31-28(34)30-18-4-2-3-5-18)8-11-24(22)37-27(23)25(16-32)36-21/h6-12,18,21,23,25,27,32H,2-5,13-16H2,1H3,(H,29,33)(H2,30,31,34)/t21-,23+,25+,27-/m1/s1. The SMILES string of the molecule is COc1ccc(CNC(=O)C[C@H]2C[C@H]3c4cc(NC(=O)NC5CCCC5)ccc4O[C@H]3[C@H](CO)O2)cc1. The molecule has 9 heteroatoms. The molecule has 4 N–H and O–H groups in total. The second-order valence-corrected chi connectivity index (χ2v) is 10.1. The highest BCUT2D eigenvalue weighted by atomic mass is 16.6. The molecule has 2 fully saturated rings. The number of fused-ring (bicyclic) bond motifs is 3. The first kappa shape index (κ1) is 25.4. The van der Waals surface area contributed by atoms with Crippen LogP contribution in [0.25, 0.3) is 0 Å². The highest BCUT2D eigenvalue weighted by molar-refractivity contribution is 5.89. The Morgan fingerprint density at radius 1 is 1.11 bits per heavy atom. The highest BCUT2D eigenvalue weighted by Crippen LogP contribution is 2.47. The molecule has 2 heterocycles. The van der Waals surface area contributed by atoms with Gasteiger partial charge in [-0.25, -0.2) is 4.79 Å². The number of aliphatic hydroxyl groups is 1. The number of aliphatic hydroxyl groups excluding tert-OH is 1. The molecule has 0 aromatic heterocycles. The van der Waals surface area contributed by atoms with Crippen molar-refractivity contribution < 1.29 is 28.9 Å². The highest BCUT2D eigenvalue weighted by Gasteiger charge is 2.46. The molecule has 0 bridgehead atoms. The summed E-state index contributed by atoms with van der Waals surface area (Å²) in [6.45, 7) is 0.211. The Morgan fingerprint density at radius 3 is 2.62 bits per heavy atom. The van der Waals surface area contributed by atoms with Crippen molar-refractivity contribution in [2.75, 3.05) is 19.0 Å². The van der Waals surface area contributed by atoms with Gasteiger partial charge in [0.1, 0.15) is 23.7 Å². The molecule has 3 aliphatic rings. The normalized spacial score (nSPS) is 24.5. The van der Waals surface area contributed by atoms with Crippen LogP contribution < -0.4 is 25.4 Å². The number of ether oxygens (including phenoxy) is 3. The first-order valence-electron chi connectivity index (χ1n) is 13.1. The lowest BCUT2D eigenvalue weighted by atomic mass is 9.84. The number of nitrogens with one attached hydrogen (secondary N) is 3. The topological polar surface area (TPSA) is 118 Å². The Balaban J connectivity index is 1.20. The molecular formula is C28H35N3O6. The summed E-state index contributed by atoms with van der Waals surface area (Å²) in [5, 5.41) is 18.9. The summed E-state index contributed by atoms with van der Waals surface area (Å²) in [5.74, 6) is 1.33. The number of carbonyl (C=O) groups excluding carboxylic acids is 2. The third kappa shape index (κ3) is 5.99.